The van der Waals surface area contributed by atoms with Crippen LogP contribution in [0.3, 0.4) is 0 Å². The van der Waals surface area contributed by atoms with Crippen LogP contribution in [0.2, 0.25) is 0 Å². The summed E-state index contributed by atoms with van der Waals surface area (Å²) in [7, 11) is 0. The average Bonchev–Trinajstić information content (AvgIpc) is 3.49. The molecule has 3 aromatic heterocycles. The molecular formula is C21H13Al3N4. The van der Waals surface area contributed by atoms with Gasteiger partial charge in [-0.1, -0.05) is 13.3 Å². The standard InChI is InChI=1S/C21H13N4.3Al/c1-13-20-8-6-18(24-20)11-16-4-2-14(22-16)10-15-3-5-17(23-15)12-19-7-9-21(13)25-19;;;/h2-9,22,24H,1H3;;;. The number of H-pyrrole nitrogens is 2. The van der Waals surface area contributed by atoms with Crippen molar-refractivity contribution in [3.05, 3.63) is 52.6 Å². The van der Waals surface area contributed by atoms with E-state index in [-0.39, 0.29) is 0 Å². The van der Waals surface area contributed by atoms with Crippen LogP contribution in [-0.4, -0.2) is 68.8 Å². The molecule has 6 radical (unpaired) electrons. The number of nitrogens with one attached hydrogen (secondary N) is 2. The van der Waals surface area contributed by atoms with E-state index in [4.69, 9.17) is 9.97 Å². The maximum Gasteiger partial charge on any atom is 0.183 e. The zero-order valence-electron chi connectivity index (χ0n) is 15.2. The molecule has 0 fully saturated rings. The lowest BCUT2D eigenvalue weighted by Crippen LogP contribution is -2.13. The zero-order chi connectivity index (χ0) is 19.4. The van der Waals surface area contributed by atoms with E-state index in [0.29, 0.717) is 0 Å². The van der Waals surface area contributed by atoms with Crippen molar-refractivity contribution in [2.24, 2.45) is 0 Å². The minimum Gasteiger partial charge on any atom is -0.357 e. The molecule has 4 nitrogen and oxygen atoms in total. The van der Waals surface area contributed by atoms with Crippen molar-refractivity contribution in [3.63, 3.8) is 0 Å². The normalized spacial score (nSPS) is 12.6. The molecule has 0 saturated heterocycles. The highest BCUT2D eigenvalue weighted by atomic mass is 27.1. The van der Waals surface area contributed by atoms with Gasteiger partial charge in [0.05, 0.1) is 22.8 Å². The van der Waals surface area contributed by atoms with Crippen LogP contribution in [0.25, 0.3) is 46.4 Å². The number of rotatable bonds is 0. The van der Waals surface area contributed by atoms with Gasteiger partial charge in [-0.15, -0.1) is 0 Å². The Hall–Kier alpha value is -1.80. The van der Waals surface area contributed by atoms with Gasteiger partial charge in [0.25, 0.3) is 0 Å². The van der Waals surface area contributed by atoms with E-state index in [1.807, 2.05) is 18.2 Å². The first-order valence-corrected chi connectivity index (χ1v) is 10.6. The van der Waals surface area contributed by atoms with E-state index >= 15 is 0 Å². The van der Waals surface area contributed by atoms with Gasteiger partial charge in [-0.25, -0.2) is 4.98 Å². The highest BCUT2D eigenvalue weighted by Gasteiger charge is 2.10. The fourth-order valence-corrected chi connectivity index (χ4v) is 4.40. The molecule has 7 heteroatoms. The molecule has 2 N–H and O–H groups in total. The Morgan fingerprint density at radius 1 is 0.571 bits per heavy atom. The Bertz CT molecular complexity index is 1260. The third-order valence-electron chi connectivity index (χ3n) is 5.14. The predicted octanol–water partition coefficient (Wildman–Crippen LogP) is 1.35. The molecular weight excluding hydrogens is 389 g/mol. The highest BCUT2D eigenvalue weighted by molar-refractivity contribution is 6.42. The third-order valence-corrected chi connectivity index (χ3v) is 6.96. The number of aryl methyl sites for hydroxylation is 1. The second-order valence-corrected chi connectivity index (χ2v) is 8.60. The molecule has 8 bridgehead atoms. The van der Waals surface area contributed by atoms with Crippen LogP contribution in [0.15, 0.2) is 24.3 Å². The molecule has 0 atom stereocenters. The van der Waals surface area contributed by atoms with Gasteiger partial charge < -0.3 is 9.97 Å². The lowest BCUT2D eigenvalue weighted by Gasteiger charge is -1.99. The van der Waals surface area contributed by atoms with Crippen molar-refractivity contribution >= 4 is 109 Å². The summed E-state index contributed by atoms with van der Waals surface area (Å²) in [4.78, 5) is 16.7. The van der Waals surface area contributed by atoms with E-state index in [1.165, 1.54) is 0 Å². The summed E-state index contributed by atoms with van der Waals surface area (Å²) in [5.41, 5.74) is 9.07. The molecule has 0 amide bonds. The fourth-order valence-electron chi connectivity index (χ4n) is 3.42. The molecule has 0 aliphatic carbocycles. The van der Waals surface area contributed by atoms with E-state index < -0.39 is 0 Å². The average molecular weight is 402 g/mol. The number of fused-ring (bicyclic) bond motifs is 8. The largest absolute Gasteiger partial charge is 0.357 e. The van der Waals surface area contributed by atoms with E-state index in [2.05, 4.69) is 96.1 Å². The van der Waals surface area contributed by atoms with Gasteiger partial charge in [-0.05, 0) is 61.1 Å². The van der Waals surface area contributed by atoms with Crippen LogP contribution in [0.1, 0.15) is 28.3 Å². The molecule has 0 unspecified atom stereocenters. The molecule has 5 rings (SSSR count). The predicted molar refractivity (Wildman–Crippen MR) is 120 cm³/mol. The molecule has 28 heavy (non-hydrogen) atoms. The van der Waals surface area contributed by atoms with Crippen molar-refractivity contribution in [1.82, 2.24) is 19.9 Å². The summed E-state index contributed by atoms with van der Waals surface area (Å²) in [5.74, 6) is 0. The van der Waals surface area contributed by atoms with Crippen LogP contribution in [-0.2, 0) is 0 Å². The SMILES string of the molecule is Cc1c2nc([c]([Al])c3nc([c]([Al])c4ccc([nH]4)[c]([Al])c4ccc1[nH]4)C=C3)C=C2. The maximum absolute atomic E-state index is 4.83. The zero-order valence-corrected chi connectivity index (χ0v) is 18.7. The van der Waals surface area contributed by atoms with Gasteiger partial charge in [0.2, 0.25) is 0 Å². The summed E-state index contributed by atoms with van der Waals surface area (Å²) in [6, 6.07) is 8.39. The first-order valence-electron chi connectivity index (χ1n) is 8.90. The number of hydrogen-bond acceptors (Lipinski definition) is 2. The quantitative estimate of drug-likeness (QED) is 0.384. The summed E-state index contributed by atoms with van der Waals surface area (Å²) >= 11 is 8.45. The fraction of sp³-hybridized carbons (Fsp3) is 0.0476. The Morgan fingerprint density at radius 2 is 1.00 bits per heavy atom. The van der Waals surface area contributed by atoms with Crippen molar-refractivity contribution < 1.29 is 0 Å². The molecule has 2 aliphatic heterocycles. The van der Waals surface area contributed by atoms with Gasteiger partial charge in [0.15, 0.2) is 48.9 Å². The van der Waals surface area contributed by atoms with Crippen LogP contribution in [0, 0.1) is 6.92 Å². The van der Waals surface area contributed by atoms with Crippen molar-refractivity contribution in [2.75, 3.05) is 0 Å². The molecule has 126 valence electrons. The number of aromatic nitrogens is 4. The molecule has 5 heterocycles. The van der Waals surface area contributed by atoms with Crippen LogP contribution in [0.4, 0.5) is 0 Å². The minimum atomic E-state index is 0.918. The summed E-state index contributed by atoms with van der Waals surface area (Å²) in [6.45, 7) is 2.09. The Kier molecular flexibility index (Phi) is 4.50. The van der Waals surface area contributed by atoms with Crippen molar-refractivity contribution in [1.29, 1.82) is 0 Å². The van der Waals surface area contributed by atoms with E-state index in [0.717, 1.165) is 63.7 Å². The van der Waals surface area contributed by atoms with E-state index in [9.17, 15) is 0 Å². The smallest absolute Gasteiger partial charge is 0.183 e. The molecule has 0 aromatic carbocycles. The third kappa shape index (κ3) is 2.97. The van der Waals surface area contributed by atoms with E-state index in [1.54, 1.807) is 0 Å². The molecule has 3 aromatic rings. The molecule has 0 spiro atoms. The number of hydrogen-bond donors (Lipinski definition) is 2. The van der Waals surface area contributed by atoms with Gasteiger partial charge in [-0.3, -0.25) is 4.98 Å². The second kappa shape index (κ2) is 6.91. The minimum absolute atomic E-state index is 0.918. The number of nitrogens with zero attached hydrogens (tertiary/aromatic N) is 2. The first kappa shape index (κ1) is 18.2. The lowest BCUT2D eigenvalue weighted by molar-refractivity contribution is 1.27. The summed E-state index contributed by atoms with van der Waals surface area (Å²) < 4.78 is 3.12. The first-order chi connectivity index (χ1) is 13.5. The Balaban J connectivity index is 1.97. The number of aromatic amines is 2. The maximum atomic E-state index is 4.83. The van der Waals surface area contributed by atoms with Crippen LogP contribution < -0.4 is 13.3 Å². The summed E-state index contributed by atoms with van der Waals surface area (Å²) in [6.07, 6.45) is 8.20. The second-order valence-electron chi connectivity index (χ2n) is 6.87. The molecule has 0 saturated carbocycles. The van der Waals surface area contributed by atoms with Crippen LogP contribution >= 0.6 is 0 Å². The monoisotopic (exact) mass is 402 g/mol. The Labute approximate surface area is 187 Å². The van der Waals surface area contributed by atoms with Gasteiger partial charge >= 0.3 is 0 Å². The van der Waals surface area contributed by atoms with Crippen LogP contribution in [0.5, 0.6) is 0 Å². The highest BCUT2D eigenvalue weighted by Crippen LogP contribution is 2.18. The topological polar surface area (TPSA) is 57.4 Å². The Morgan fingerprint density at radius 3 is 1.64 bits per heavy atom. The van der Waals surface area contributed by atoms with Crippen molar-refractivity contribution in [2.45, 2.75) is 6.92 Å². The molecule has 2 aliphatic rings. The lowest BCUT2D eigenvalue weighted by atomic mass is 10.2. The van der Waals surface area contributed by atoms with Gasteiger partial charge in [0, 0.05) is 22.1 Å². The van der Waals surface area contributed by atoms with Crippen molar-refractivity contribution in [3.8, 4) is 0 Å². The van der Waals surface area contributed by atoms with Gasteiger partial charge in [0.1, 0.15) is 0 Å². The summed E-state index contributed by atoms with van der Waals surface area (Å²) in [5, 5.41) is 0. The van der Waals surface area contributed by atoms with Gasteiger partial charge in [-0.2, -0.15) is 0 Å².